The molecule has 0 aromatic heterocycles. The van der Waals surface area contributed by atoms with E-state index in [4.69, 9.17) is 4.74 Å². The van der Waals surface area contributed by atoms with Gasteiger partial charge < -0.3 is 4.74 Å². The van der Waals surface area contributed by atoms with Crippen LogP contribution < -0.4 is 4.72 Å². The van der Waals surface area contributed by atoms with Crippen molar-refractivity contribution in [2.75, 3.05) is 11.0 Å². The topological polar surface area (TPSA) is 72.5 Å². The van der Waals surface area contributed by atoms with Crippen molar-refractivity contribution in [1.82, 2.24) is 0 Å². The number of allylic oxidation sites excluding steroid dienone is 1. The molecule has 0 saturated heterocycles. The van der Waals surface area contributed by atoms with Crippen LogP contribution >= 0.6 is 0 Å². The van der Waals surface area contributed by atoms with Crippen LogP contribution in [0.25, 0.3) is 5.57 Å². The molecule has 3 rings (SSSR count). The molecule has 1 aromatic rings. The highest BCUT2D eigenvalue weighted by molar-refractivity contribution is 7.92. The van der Waals surface area contributed by atoms with Gasteiger partial charge in [-0.1, -0.05) is 26.0 Å². The molecule has 1 aromatic carbocycles. The number of ether oxygens (including phenoxy) is 1. The monoisotopic (exact) mass is 349 g/mol. The molecule has 130 valence electrons. The van der Waals surface area contributed by atoms with Crippen LogP contribution in [0.2, 0.25) is 0 Å². The van der Waals surface area contributed by atoms with Gasteiger partial charge in [-0.25, -0.2) is 8.42 Å². The number of hydrogen-bond donors (Lipinski definition) is 1. The number of sulfonamides is 1. The molecule has 0 amide bonds. The van der Waals surface area contributed by atoms with E-state index in [0.717, 1.165) is 24.7 Å². The number of hydrogen-bond acceptors (Lipinski definition) is 4. The Morgan fingerprint density at radius 2 is 1.79 bits per heavy atom. The SMILES string of the molecule is CC1CCC2C(=O)C(c3ccc(NS(C)(=O)=O)cc3)=COC2C1C. The first kappa shape index (κ1) is 17.0. The van der Waals surface area contributed by atoms with Crippen molar-refractivity contribution in [3.8, 4) is 0 Å². The summed E-state index contributed by atoms with van der Waals surface area (Å²) in [4.78, 5) is 12.9. The Bertz CT molecular complexity index is 767. The first-order valence-corrected chi connectivity index (χ1v) is 10.1. The third-order valence-corrected chi connectivity index (χ3v) is 5.80. The molecule has 2 aliphatic rings. The van der Waals surface area contributed by atoms with Crippen molar-refractivity contribution in [3.05, 3.63) is 36.1 Å². The molecule has 1 N–H and O–H groups in total. The number of anilines is 1. The molecule has 4 unspecified atom stereocenters. The van der Waals surface area contributed by atoms with E-state index in [2.05, 4.69) is 18.6 Å². The van der Waals surface area contributed by atoms with E-state index < -0.39 is 10.0 Å². The van der Waals surface area contributed by atoms with E-state index >= 15 is 0 Å². The minimum absolute atomic E-state index is 0.0313. The molecule has 6 heteroatoms. The fraction of sp³-hybridized carbons (Fsp3) is 0.500. The minimum Gasteiger partial charge on any atom is -0.496 e. The highest BCUT2D eigenvalue weighted by Gasteiger charge is 2.43. The lowest BCUT2D eigenvalue weighted by Crippen LogP contribution is -2.44. The van der Waals surface area contributed by atoms with Crippen LogP contribution in [0.4, 0.5) is 5.69 Å². The predicted octanol–water partition coefficient (Wildman–Crippen LogP) is 3.05. The standard InChI is InChI=1S/C18H23NO4S/c1-11-4-9-15-17(20)16(10-23-18(15)12(11)2)13-5-7-14(8-6-13)19-24(3,21)22/h5-8,10-12,15,18-19H,4,9H2,1-3H3. The van der Waals surface area contributed by atoms with E-state index in [1.807, 2.05) is 0 Å². The Labute approximate surface area is 143 Å². The molecule has 5 nitrogen and oxygen atoms in total. The van der Waals surface area contributed by atoms with Crippen LogP contribution in [0.5, 0.6) is 0 Å². The number of rotatable bonds is 3. The zero-order chi connectivity index (χ0) is 17.5. The average Bonchev–Trinajstić information content (AvgIpc) is 2.51. The lowest BCUT2D eigenvalue weighted by Gasteiger charge is -2.41. The van der Waals surface area contributed by atoms with Crippen LogP contribution in [-0.4, -0.2) is 26.6 Å². The normalized spacial score (nSPS) is 30.1. The van der Waals surface area contributed by atoms with Gasteiger partial charge in [0.25, 0.3) is 0 Å². The van der Waals surface area contributed by atoms with Crippen LogP contribution in [0.15, 0.2) is 30.5 Å². The quantitative estimate of drug-likeness (QED) is 0.910. The zero-order valence-corrected chi connectivity index (χ0v) is 15.0. The van der Waals surface area contributed by atoms with Gasteiger partial charge in [-0.15, -0.1) is 0 Å². The Balaban J connectivity index is 1.82. The molecule has 4 atom stereocenters. The maximum absolute atomic E-state index is 12.9. The van der Waals surface area contributed by atoms with Crippen molar-refractivity contribution in [1.29, 1.82) is 0 Å². The fourth-order valence-electron chi connectivity index (χ4n) is 3.61. The molecule has 1 heterocycles. The van der Waals surface area contributed by atoms with Crippen LogP contribution in [0.1, 0.15) is 32.3 Å². The Kier molecular flexibility index (Phi) is 4.42. The maximum Gasteiger partial charge on any atom is 0.229 e. The number of carbonyl (C=O) groups excluding carboxylic acids is 1. The first-order valence-electron chi connectivity index (χ1n) is 8.24. The molecule has 1 aliphatic carbocycles. The van der Waals surface area contributed by atoms with E-state index in [1.54, 1.807) is 30.5 Å². The summed E-state index contributed by atoms with van der Waals surface area (Å²) >= 11 is 0. The van der Waals surface area contributed by atoms with Gasteiger partial charge in [0.1, 0.15) is 6.10 Å². The summed E-state index contributed by atoms with van der Waals surface area (Å²) in [5.74, 6) is 0.987. The summed E-state index contributed by atoms with van der Waals surface area (Å²) < 4.78 is 30.8. The van der Waals surface area contributed by atoms with Gasteiger partial charge in [0.2, 0.25) is 10.0 Å². The van der Waals surface area contributed by atoms with Gasteiger partial charge in [-0.2, -0.15) is 0 Å². The molecule has 1 saturated carbocycles. The van der Waals surface area contributed by atoms with Gasteiger partial charge in [0.05, 0.1) is 24.0 Å². The number of Topliss-reactive ketones (excluding diaryl/α,β-unsaturated/α-hetero) is 1. The zero-order valence-electron chi connectivity index (χ0n) is 14.2. The second-order valence-electron chi connectivity index (χ2n) is 6.97. The largest absolute Gasteiger partial charge is 0.496 e. The third-order valence-electron chi connectivity index (χ3n) is 5.19. The highest BCUT2D eigenvalue weighted by Crippen LogP contribution is 2.41. The molecule has 24 heavy (non-hydrogen) atoms. The van der Waals surface area contributed by atoms with Gasteiger partial charge in [-0.05, 0) is 42.4 Å². The Hall–Kier alpha value is -1.82. The smallest absolute Gasteiger partial charge is 0.229 e. The second-order valence-corrected chi connectivity index (χ2v) is 8.72. The van der Waals surface area contributed by atoms with Crippen molar-refractivity contribution in [2.45, 2.75) is 32.8 Å². The predicted molar refractivity (Wildman–Crippen MR) is 93.8 cm³/mol. The van der Waals surface area contributed by atoms with Gasteiger partial charge in [0, 0.05) is 5.69 Å². The van der Waals surface area contributed by atoms with Gasteiger partial charge in [0.15, 0.2) is 5.78 Å². The Morgan fingerprint density at radius 1 is 1.12 bits per heavy atom. The number of nitrogens with one attached hydrogen (secondary N) is 1. The first-order chi connectivity index (χ1) is 11.3. The molecule has 1 fully saturated rings. The maximum atomic E-state index is 12.9. The molecule has 0 bridgehead atoms. The molecule has 0 radical (unpaired) electrons. The third kappa shape index (κ3) is 3.34. The van der Waals surface area contributed by atoms with Gasteiger partial charge in [-0.3, -0.25) is 9.52 Å². The number of fused-ring (bicyclic) bond motifs is 1. The molecule has 1 aliphatic heterocycles. The van der Waals surface area contributed by atoms with E-state index in [9.17, 15) is 13.2 Å². The summed E-state index contributed by atoms with van der Waals surface area (Å²) in [6.45, 7) is 4.36. The van der Waals surface area contributed by atoms with Gasteiger partial charge >= 0.3 is 0 Å². The van der Waals surface area contributed by atoms with E-state index in [0.29, 0.717) is 23.1 Å². The molecular formula is C18H23NO4S. The highest BCUT2D eigenvalue weighted by atomic mass is 32.2. The number of benzene rings is 1. The molecule has 0 spiro atoms. The Morgan fingerprint density at radius 3 is 2.42 bits per heavy atom. The fourth-order valence-corrected chi connectivity index (χ4v) is 4.17. The summed E-state index contributed by atoms with van der Waals surface area (Å²) in [5, 5.41) is 0. The van der Waals surface area contributed by atoms with E-state index in [1.165, 1.54) is 0 Å². The summed E-state index contributed by atoms with van der Waals surface area (Å²) in [5.41, 5.74) is 1.80. The van der Waals surface area contributed by atoms with Crippen LogP contribution in [-0.2, 0) is 19.6 Å². The van der Waals surface area contributed by atoms with E-state index in [-0.39, 0.29) is 17.8 Å². The van der Waals surface area contributed by atoms with Crippen molar-refractivity contribution < 1.29 is 17.9 Å². The van der Waals surface area contributed by atoms with Crippen molar-refractivity contribution >= 4 is 27.1 Å². The summed E-state index contributed by atoms with van der Waals surface area (Å²) in [6.07, 6.45) is 4.56. The second kappa shape index (κ2) is 6.24. The number of carbonyl (C=O) groups is 1. The van der Waals surface area contributed by atoms with Crippen LogP contribution in [0, 0.1) is 17.8 Å². The molecular weight excluding hydrogens is 326 g/mol. The number of ketones is 1. The minimum atomic E-state index is -3.31. The lowest BCUT2D eigenvalue weighted by atomic mass is 9.70. The average molecular weight is 349 g/mol. The summed E-state index contributed by atoms with van der Waals surface area (Å²) in [7, 11) is -3.31. The lowest BCUT2D eigenvalue weighted by molar-refractivity contribution is -0.128. The van der Waals surface area contributed by atoms with Crippen LogP contribution in [0.3, 0.4) is 0 Å². The van der Waals surface area contributed by atoms with Crippen molar-refractivity contribution in [3.63, 3.8) is 0 Å². The van der Waals surface area contributed by atoms with Crippen molar-refractivity contribution in [2.24, 2.45) is 17.8 Å². The summed E-state index contributed by atoms with van der Waals surface area (Å²) in [6, 6.07) is 6.80.